The lowest BCUT2D eigenvalue weighted by Crippen LogP contribution is -2.15. The quantitative estimate of drug-likeness (QED) is 0.809. The molecule has 4 heteroatoms. The molecule has 0 aliphatic rings. The number of hydrogen-bond acceptors (Lipinski definition) is 2. The lowest BCUT2D eigenvalue weighted by molar-refractivity contribution is 0.102. The number of anilines is 1. The molecule has 0 saturated carbocycles. The fourth-order valence-corrected chi connectivity index (χ4v) is 2.54. The van der Waals surface area contributed by atoms with Crippen molar-refractivity contribution < 1.29 is 9.53 Å². The van der Waals surface area contributed by atoms with Gasteiger partial charge in [-0.05, 0) is 58.6 Å². The van der Waals surface area contributed by atoms with Crippen LogP contribution in [0, 0.1) is 12.8 Å². The molecule has 0 aliphatic carbocycles. The zero-order chi connectivity index (χ0) is 16.1. The Kier molecular flexibility index (Phi) is 5.61. The molecule has 22 heavy (non-hydrogen) atoms. The van der Waals surface area contributed by atoms with Crippen molar-refractivity contribution in [2.45, 2.75) is 20.8 Å². The summed E-state index contributed by atoms with van der Waals surface area (Å²) in [7, 11) is 0. The number of para-hydroxylation sites is 1. The first kappa shape index (κ1) is 16.6. The Labute approximate surface area is 139 Å². The van der Waals surface area contributed by atoms with Crippen molar-refractivity contribution in [1.29, 1.82) is 0 Å². The van der Waals surface area contributed by atoms with Gasteiger partial charge in [0.25, 0.3) is 5.91 Å². The number of carbonyl (C=O) groups excluding carboxylic acids is 1. The predicted octanol–water partition coefficient (Wildman–Crippen LogP) is 5.04. The van der Waals surface area contributed by atoms with Crippen LogP contribution in [0.3, 0.4) is 0 Å². The minimum absolute atomic E-state index is 0.177. The fourth-order valence-electron chi connectivity index (χ4n) is 1.95. The van der Waals surface area contributed by atoms with E-state index in [-0.39, 0.29) is 5.91 Å². The summed E-state index contributed by atoms with van der Waals surface area (Å²) in [5, 5.41) is 2.92. The Morgan fingerprint density at radius 1 is 1.23 bits per heavy atom. The van der Waals surface area contributed by atoms with Crippen molar-refractivity contribution in [2.75, 3.05) is 11.9 Å². The number of aryl methyl sites for hydroxylation is 1. The minimum Gasteiger partial charge on any atom is -0.492 e. The van der Waals surface area contributed by atoms with E-state index in [1.165, 1.54) is 0 Å². The van der Waals surface area contributed by atoms with Crippen molar-refractivity contribution in [2.24, 2.45) is 5.92 Å². The van der Waals surface area contributed by atoms with E-state index in [0.29, 0.717) is 23.8 Å². The molecule has 0 heterocycles. The van der Waals surface area contributed by atoms with Gasteiger partial charge < -0.3 is 10.1 Å². The van der Waals surface area contributed by atoms with Crippen LogP contribution in [0.15, 0.2) is 46.9 Å². The first-order valence-electron chi connectivity index (χ1n) is 7.26. The van der Waals surface area contributed by atoms with Crippen molar-refractivity contribution in [3.05, 3.63) is 58.1 Å². The van der Waals surface area contributed by atoms with Crippen molar-refractivity contribution in [1.82, 2.24) is 0 Å². The van der Waals surface area contributed by atoms with E-state index in [1.807, 2.05) is 43.3 Å². The Morgan fingerprint density at radius 3 is 2.64 bits per heavy atom. The fraction of sp³-hybridized carbons (Fsp3) is 0.278. The Bertz CT molecular complexity index is 668. The average Bonchev–Trinajstić information content (AvgIpc) is 2.48. The normalized spacial score (nSPS) is 10.6. The van der Waals surface area contributed by atoms with Gasteiger partial charge in [0.05, 0.1) is 17.9 Å². The van der Waals surface area contributed by atoms with Gasteiger partial charge >= 0.3 is 0 Å². The van der Waals surface area contributed by atoms with Gasteiger partial charge in [0.1, 0.15) is 5.75 Å². The van der Waals surface area contributed by atoms with Gasteiger partial charge in [-0.3, -0.25) is 4.79 Å². The van der Waals surface area contributed by atoms with E-state index < -0.39 is 0 Å². The Balaban J connectivity index is 2.18. The number of rotatable bonds is 5. The zero-order valence-corrected chi connectivity index (χ0v) is 14.6. The maximum atomic E-state index is 12.5. The molecule has 1 amide bonds. The first-order valence-corrected chi connectivity index (χ1v) is 8.06. The highest BCUT2D eigenvalue weighted by atomic mass is 79.9. The largest absolute Gasteiger partial charge is 0.492 e. The second-order valence-corrected chi connectivity index (χ2v) is 6.49. The molecule has 1 N–H and O–H groups in total. The molecule has 2 rings (SSSR count). The molecule has 0 radical (unpaired) electrons. The molecule has 0 aromatic heterocycles. The molecule has 0 spiro atoms. The molecule has 0 aliphatic heterocycles. The van der Waals surface area contributed by atoms with Gasteiger partial charge in [0.2, 0.25) is 0 Å². The molecular weight excluding hydrogens is 342 g/mol. The summed E-state index contributed by atoms with van der Waals surface area (Å²) in [5.41, 5.74) is 2.41. The summed E-state index contributed by atoms with van der Waals surface area (Å²) in [6.07, 6.45) is 0. The van der Waals surface area contributed by atoms with Crippen LogP contribution >= 0.6 is 15.9 Å². The summed E-state index contributed by atoms with van der Waals surface area (Å²) in [6, 6.07) is 13.1. The van der Waals surface area contributed by atoms with E-state index >= 15 is 0 Å². The monoisotopic (exact) mass is 361 g/mol. The maximum Gasteiger partial charge on any atom is 0.259 e. The summed E-state index contributed by atoms with van der Waals surface area (Å²) < 4.78 is 6.60. The smallest absolute Gasteiger partial charge is 0.259 e. The number of ether oxygens (including phenoxy) is 1. The van der Waals surface area contributed by atoms with Gasteiger partial charge in [-0.25, -0.2) is 0 Å². The Morgan fingerprint density at radius 2 is 1.95 bits per heavy atom. The molecule has 0 fully saturated rings. The SMILES string of the molecule is Cc1ccc(NC(=O)c2ccccc2OCC(C)C)c(Br)c1. The Hall–Kier alpha value is -1.81. The molecule has 3 nitrogen and oxygen atoms in total. The van der Waals surface area contributed by atoms with Crippen molar-refractivity contribution in [3.8, 4) is 5.75 Å². The van der Waals surface area contributed by atoms with Crippen molar-refractivity contribution in [3.63, 3.8) is 0 Å². The molecule has 0 unspecified atom stereocenters. The molecule has 0 saturated heterocycles. The maximum absolute atomic E-state index is 12.5. The summed E-state index contributed by atoms with van der Waals surface area (Å²) in [4.78, 5) is 12.5. The summed E-state index contributed by atoms with van der Waals surface area (Å²) in [5.74, 6) is 0.836. The number of hydrogen-bond donors (Lipinski definition) is 1. The number of amides is 1. The van der Waals surface area contributed by atoms with E-state index in [0.717, 1.165) is 15.7 Å². The van der Waals surface area contributed by atoms with Crippen LogP contribution in [0.25, 0.3) is 0 Å². The number of carbonyl (C=O) groups is 1. The van der Waals surface area contributed by atoms with Crippen LogP contribution in [0.4, 0.5) is 5.69 Å². The second kappa shape index (κ2) is 7.45. The average molecular weight is 362 g/mol. The van der Waals surface area contributed by atoms with Crippen LogP contribution in [0.1, 0.15) is 29.8 Å². The van der Waals surface area contributed by atoms with Crippen LogP contribution in [0.2, 0.25) is 0 Å². The summed E-state index contributed by atoms with van der Waals surface area (Å²) in [6.45, 7) is 6.74. The van der Waals surface area contributed by atoms with Gasteiger partial charge in [0.15, 0.2) is 0 Å². The molecular formula is C18H20BrNO2. The van der Waals surface area contributed by atoms with Crippen LogP contribution in [-0.4, -0.2) is 12.5 Å². The highest BCUT2D eigenvalue weighted by Crippen LogP contribution is 2.26. The van der Waals surface area contributed by atoms with Crippen molar-refractivity contribution >= 4 is 27.5 Å². The van der Waals surface area contributed by atoms with E-state index in [4.69, 9.17) is 4.74 Å². The molecule has 0 atom stereocenters. The molecule has 116 valence electrons. The van der Waals surface area contributed by atoms with Gasteiger partial charge in [-0.2, -0.15) is 0 Å². The third-order valence-electron chi connectivity index (χ3n) is 3.08. The van der Waals surface area contributed by atoms with Gasteiger partial charge in [-0.15, -0.1) is 0 Å². The second-order valence-electron chi connectivity index (χ2n) is 5.64. The van der Waals surface area contributed by atoms with Gasteiger partial charge in [0, 0.05) is 4.47 Å². The van der Waals surface area contributed by atoms with E-state index in [1.54, 1.807) is 6.07 Å². The number of benzene rings is 2. The third-order valence-corrected chi connectivity index (χ3v) is 3.73. The van der Waals surface area contributed by atoms with E-state index in [9.17, 15) is 4.79 Å². The first-order chi connectivity index (χ1) is 10.5. The van der Waals surface area contributed by atoms with E-state index in [2.05, 4.69) is 35.1 Å². The minimum atomic E-state index is -0.177. The number of nitrogens with one attached hydrogen (secondary N) is 1. The highest BCUT2D eigenvalue weighted by Gasteiger charge is 2.14. The standard InChI is InChI=1S/C18H20BrNO2/c1-12(2)11-22-17-7-5-4-6-14(17)18(21)20-16-9-8-13(3)10-15(16)19/h4-10,12H,11H2,1-3H3,(H,20,21). The van der Waals surface area contributed by atoms with Gasteiger partial charge in [-0.1, -0.05) is 32.0 Å². The van der Waals surface area contributed by atoms with Crippen LogP contribution in [0.5, 0.6) is 5.75 Å². The highest BCUT2D eigenvalue weighted by molar-refractivity contribution is 9.10. The van der Waals surface area contributed by atoms with Crippen LogP contribution < -0.4 is 10.1 Å². The topological polar surface area (TPSA) is 38.3 Å². The lowest BCUT2D eigenvalue weighted by Gasteiger charge is -2.13. The molecule has 2 aromatic carbocycles. The molecule has 2 aromatic rings. The lowest BCUT2D eigenvalue weighted by atomic mass is 10.1. The van der Waals surface area contributed by atoms with Crippen LogP contribution in [-0.2, 0) is 0 Å². The third kappa shape index (κ3) is 4.34. The predicted molar refractivity (Wildman–Crippen MR) is 93.6 cm³/mol. The zero-order valence-electron chi connectivity index (χ0n) is 13.0. The number of halogens is 1. The molecule has 0 bridgehead atoms. The summed E-state index contributed by atoms with van der Waals surface area (Å²) >= 11 is 3.47.